The van der Waals surface area contributed by atoms with Gasteiger partial charge in [0.05, 0.1) is 11.9 Å². The first-order chi connectivity index (χ1) is 14.3. The molecule has 4 rings (SSSR count). The van der Waals surface area contributed by atoms with E-state index in [2.05, 4.69) is 15.5 Å². The molecule has 0 aliphatic carbocycles. The lowest BCUT2D eigenvalue weighted by atomic mass is 10.2. The maximum absolute atomic E-state index is 13.6. The van der Waals surface area contributed by atoms with E-state index in [1.807, 2.05) is 60.0 Å². The van der Waals surface area contributed by atoms with Crippen LogP contribution in [0.3, 0.4) is 0 Å². The minimum absolute atomic E-state index is 0.190. The maximum Gasteiger partial charge on any atom is 0.203 e. The van der Waals surface area contributed by atoms with Crippen LogP contribution in [0.5, 0.6) is 5.75 Å². The summed E-state index contributed by atoms with van der Waals surface area (Å²) >= 11 is 1.50. The molecule has 4 aromatic rings. The highest BCUT2D eigenvalue weighted by Gasteiger charge is 2.03. The molecule has 1 aromatic heterocycles. The molecule has 1 N–H and O–H groups in total. The summed E-state index contributed by atoms with van der Waals surface area (Å²) in [5, 5.41) is 6.96. The minimum Gasteiger partial charge on any atom is -0.489 e. The molecule has 0 aliphatic rings. The predicted molar refractivity (Wildman–Crippen MR) is 116 cm³/mol. The van der Waals surface area contributed by atoms with Gasteiger partial charge in [0.15, 0.2) is 0 Å². The smallest absolute Gasteiger partial charge is 0.203 e. The van der Waals surface area contributed by atoms with E-state index in [-0.39, 0.29) is 12.4 Å². The van der Waals surface area contributed by atoms with E-state index >= 15 is 0 Å². The molecule has 0 amide bonds. The summed E-state index contributed by atoms with van der Waals surface area (Å²) in [7, 11) is 0. The van der Waals surface area contributed by atoms with Crippen molar-refractivity contribution in [1.29, 1.82) is 0 Å². The van der Waals surface area contributed by atoms with Crippen molar-refractivity contribution in [1.82, 2.24) is 4.98 Å². The highest BCUT2D eigenvalue weighted by Crippen LogP contribution is 2.24. The van der Waals surface area contributed by atoms with Crippen LogP contribution in [-0.2, 0) is 6.61 Å². The number of aromatic nitrogens is 1. The summed E-state index contributed by atoms with van der Waals surface area (Å²) in [5.41, 5.74) is 6.39. The average Bonchev–Trinajstić information content (AvgIpc) is 3.24. The van der Waals surface area contributed by atoms with Gasteiger partial charge in [-0.3, -0.25) is 5.43 Å². The van der Waals surface area contributed by atoms with E-state index < -0.39 is 0 Å². The first-order valence-corrected chi connectivity index (χ1v) is 9.92. The highest BCUT2D eigenvalue weighted by molar-refractivity contribution is 7.14. The van der Waals surface area contributed by atoms with Crippen LogP contribution in [0, 0.1) is 5.82 Å². The molecule has 0 unspecified atom stereocenters. The average molecular weight is 403 g/mol. The van der Waals surface area contributed by atoms with Crippen LogP contribution in [0.15, 0.2) is 89.3 Å². The Labute approximate surface area is 172 Å². The number of anilines is 1. The fraction of sp³-hybridized carbons (Fsp3) is 0.0435. The topological polar surface area (TPSA) is 46.5 Å². The first kappa shape index (κ1) is 18.8. The van der Waals surface area contributed by atoms with Crippen molar-refractivity contribution < 1.29 is 9.13 Å². The van der Waals surface area contributed by atoms with E-state index in [0.29, 0.717) is 11.3 Å². The molecule has 0 radical (unpaired) electrons. The van der Waals surface area contributed by atoms with E-state index in [0.717, 1.165) is 22.0 Å². The molecular formula is C23H18FN3OS. The Morgan fingerprint density at radius 1 is 0.966 bits per heavy atom. The number of ether oxygens (including phenoxy) is 1. The number of rotatable bonds is 7. The molecule has 0 saturated heterocycles. The van der Waals surface area contributed by atoms with E-state index in [4.69, 9.17) is 4.74 Å². The van der Waals surface area contributed by atoms with Crippen LogP contribution >= 0.6 is 11.3 Å². The molecule has 6 heteroatoms. The number of hydrazone groups is 1. The molecule has 0 fully saturated rings. The summed E-state index contributed by atoms with van der Waals surface area (Å²) in [6, 6.07) is 24.0. The second-order valence-corrected chi connectivity index (χ2v) is 7.08. The Hall–Kier alpha value is -3.51. The molecule has 29 heavy (non-hydrogen) atoms. The molecule has 144 valence electrons. The van der Waals surface area contributed by atoms with Crippen LogP contribution in [0.4, 0.5) is 9.52 Å². The number of benzene rings is 3. The molecule has 3 aromatic carbocycles. The molecule has 0 spiro atoms. The Bertz CT molecular complexity index is 1090. The summed E-state index contributed by atoms with van der Waals surface area (Å²) in [4.78, 5) is 4.53. The third-order valence-corrected chi connectivity index (χ3v) is 4.93. The van der Waals surface area contributed by atoms with Gasteiger partial charge in [-0.2, -0.15) is 5.10 Å². The third-order valence-electron chi connectivity index (χ3n) is 4.18. The number of halogens is 1. The lowest BCUT2D eigenvalue weighted by molar-refractivity contribution is 0.300. The van der Waals surface area contributed by atoms with Gasteiger partial charge in [0.25, 0.3) is 0 Å². The van der Waals surface area contributed by atoms with Gasteiger partial charge in [-0.15, -0.1) is 11.3 Å². The zero-order valence-electron chi connectivity index (χ0n) is 15.5. The van der Waals surface area contributed by atoms with Crippen molar-refractivity contribution in [3.63, 3.8) is 0 Å². The first-order valence-electron chi connectivity index (χ1n) is 9.04. The van der Waals surface area contributed by atoms with Crippen LogP contribution in [0.2, 0.25) is 0 Å². The van der Waals surface area contributed by atoms with Gasteiger partial charge in [-0.1, -0.05) is 48.5 Å². The van der Waals surface area contributed by atoms with Crippen LogP contribution in [0.25, 0.3) is 11.3 Å². The largest absolute Gasteiger partial charge is 0.489 e. The molecular weight excluding hydrogens is 385 g/mol. The second-order valence-electron chi connectivity index (χ2n) is 6.22. The van der Waals surface area contributed by atoms with Crippen LogP contribution < -0.4 is 10.2 Å². The lowest BCUT2D eigenvalue weighted by Gasteiger charge is -2.07. The Morgan fingerprint density at radius 3 is 2.52 bits per heavy atom. The fourth-order valence-electron chi connectivity index (χ4n) is 2.66. The molecule has 0 bridgehead atoms. The Morgan fingerprint density at radius 2 is 1.72 bits per heavy atom. The van der Waals surface area contributed by atoms with Crippen molar-refractivity contribution in [3.8, 4) is 17.0 Å². The zero-order valence-corrected chi connectivity index (χ0v) is 16.3. The Balaban J connectivity index is 1.31. The van der Waals surface area contributed by atoms with Crippen molar-refractivity contribution in [2.75, 3.05) is 5.43 Å². The van der Waals surface area contributed by atoms with Gasteiger partial charge in [0.1, 0.15) is 18.2 Å². The minimum atomic E-state index is -0.264. The van der Waals surface area contributed by atoms with Gasteiger partial charge in [-0.05, 0) is 35.9 Å². The van der Waals surface area contributed by atoms with Crippen LogP contribution in [0.1, 0.15) is 11.1 Å². The van der Waals surface area contributed by atoms with Crippen molar-refractivity contribution >= 4 is 22.7 Å². The quantitative estimate of drug-likeness (QED) is 0.305. The van der Waals surface area contributed by atoms with Crippen molar-refractivity contribution in [3.05, 3.63) is 101 Å². The third kappa shape index (κ3) is 5.06. The number of hydrogen-bond donors (Lipinski definition) is 1. The fourth-order valence-corrected chi connectivity index (χ4v) is 3.32. The zero-order chi connectivity index (χ0) is 19.9. The number of thiazole rings is 1. The summed E-state index contributed by atoms with van der Waals surface area (Å²) < 4.78 is 19.3. The number of hydrogen-bond acceptors (Lipinski definition) is 5. The SMILES string of the molecule is Fc1ccccc1COc1ccc(C=NNc2nc(-c3ccccc3)cs2)cc1. The summed E-state index contributed by atoms with van der Waals surface area (Å²) in [6.45, 7) is 0.190. The molecule has 1 heterocycles. The number of nitrogens with one attached hydrogen (secondary N) is 1. The molecule has 0 aliphatic heterocycles. The normalized spacial score (nSPS) is 10.9. The maximum atomic E-state index is 13.6. The van der Waals surface area contributed by atoms with E-state index in [1.54, 1.807) is 24.4 Å². The van der Waals surface area contributed by atoms with Crippen LogP contribution in [-0.4, -0.2) is 11.2 Å². The van der Waals surface area contributed by atoms with Crippen molar-refractivity contribution in [2.24, 2.45) is 5.10 Å². The van der Waals surface area contributed by atoms with Crippen molar-refractivity contribution in [2.45, 2.75) is 6.61 Å². The van der Waals surface area contributed by atoms with E-state index in [9.17, 15) is 4.39 Å². The van der Waals surface area contributed by atoms with Gasteiger partial charge >= 0.3 is 0 Å². The van der Waals surface area contributed by atoms with Gasteiger partial charge in [0.2, 0.25) is 5.13 Å². The second kappa shape index (κ2) is 9.12. The van der Waals surface area contributed by atoms with Gasteiger partial charge < -0.3 is 4.74 Å². The van der Waals surface area contributed by atoms with Gasteiger partial charge in [0, 0.05) is 16.5 Å². The molecule has 4 nitrogen and oxygen atoms in total. The summed E-state index contributed by atoms with van der Waals surface area (Å²) in [5.74, 6) is 0.408. The standard InChI is InChI=1S/C23H18FN3OS/c24-21-9-5-4-8-19(21)15-28-20-12-10-17(11-13-20)14-25-27-23-26-22(16-29-23)18-6-2-1-3-7-18/h1-14,16H,15H2,(H,26,27). The van der Waals surface area contributed by atoms with Gasteiger partial charge in [-0.25, -0.2) is 9.37 Å². The van der Waals surface area contributed by atoms with E-state index in [1.165, 1.54) is 17.4 Å². The molecule has 0 saturated carbocycles. The monoisotopic (exact) mass is 403 g/mol. The predicted octanol–water partition coefficient (Wildman–Crippen LogP) is 5.97. The Kier molecular flexibility index (Phi) is 5.92. The summed E-state index contributed by atoms with van der Waals surface area (Å²) in [6.07, 6.45) is 1.71. The molecule has 0 atom stereocenters. The number of nitrogens with zero attached hydrogens (tertiary/aromatic N) is 2. The lowest BCUT2D eigenvalue weighted by Crippen LogP contribution is -1.98. The highest BCUT2D eigenvalue weighted by atomic mass is 32.1.